The fraction of sp³-hybridized carbons (Fsp3) is 0.214. The lowest BCUT2D eigenvalue weighted by Gasteiger charge is -2.02. The lowest BCUT2D eigenvalue weighted by Crippen LogP contribution is -1.99. The Morgan fingerprint density at radius 2 is 2.00 bits per heavy atom. The molecule has 1 aromatic carbocycles. The van der Waals surface area contributed by atoms with E-state index in [-0.39, 0.29) is 5.78 Å². The molecule has 0 N–H and O–H groups in total. The molecule has 0 fully saturated rings. The molecule has 94 valence electrons. The summed E-state index contributed by atoms with van der Waals surface area (Å²) in [7, 11) is 0. The van der Waals surface area contributed by atoms with Crippen LogP contribution in [0, 0.1) is 0 Å². The highest BCUT2D eigenvalue weighted by Gasteiger charge is 2.08. The molecule has 0 aliphatic carbocycles. The number of ketones is 1. The summed E-state index contributed by atoms with van der Waals surface area (Å²) < 4.78 is 0. The van der Waals surface area contributed by atoms with Gasteiger partial charge in [0.2, 0.25) is 0 Å². The number of thiophene rings is 1. The van der Waals surface area contributed by atoms with Gasteiger partial charge in [-0.15, -0.1) is 11.3 Å². The predicted octanol–water partition coefficient (Wildman–Crippen LogP) is 5.26. The number of Topliss-reactive ketones (excluding diaryl/α,β-unsaturated/α-hetero) is 1. The molecule has 0 saturated heterocycles. The number of hydrogen-bond donors (Lipinski definition) is 0. The Bertz CT molecular complexity index is 535. The third kappa shape index (κ3) is 3.58. The van der Waals surface area contributed by atoms with Gasteiger partial charge in [-0.05, 0) is 42.5 Å². The van der Waals surface area contributed by atoms with Crippen molar-refractivity contribution >= 4 is 40.3 Å². The number of aryl methyl sites for hydroxylation is 1. The Labute approximate surface area is 120 Å². The third-order valence-electron chi connectivity index (χ3n) is 2.65. The fourth-order valence-electron chi connectivity index (χ4n) is 1.69. The smallest absolute Gasteiger partial charge is 0.162 e. The molecule has 0 aliphatic heterocycles. The molecular formula is C14H12Cl2OS. The Morgan fingerprint density at radius 3 is 2.67 bits per heavy atom. The first-order chi connectivity index (χ1) is 8.66. The van der Waals surface area contributed by atoms with Crippen LogP contribution in [-0.4, -0.2) is 5.78 Å². The van der Waals surface area contributed by atoms with Crippen molar-refractivity contribution in [3.63, 3.8) is 0 Å². The lowest BCUT2D eigenvalue weighted by atomic mass is 10.1. The summed E-state index contributed by atoms with van der Waals surface area (Å²) in [6, 6.07) is 9.14. The molecule has 4 heteroatoms. The van der Waals surface area contributed by atoms with Crippen LogP contribution in [0.4, 0.5) is 0 Å². The van der Waals surface area contributed by atoms with Gasteiger partial charge in [0.25, 0.3) is 0 Å². The van der Waals surface area contributed by atoms with Crippen LogP contribution in [0.5, 0.6) is 0 Å². The van der Waals surface area contributed by atoms with Gasteiger partial charge in [-0.1, -0.05) is 29.3 Å². The molecule has 0 amide bonds. The molecule has 0 atom stereocenters. The second kappa shape index (κ2) is 6.37. The molecular weight excluding hydrogens is 287 g/mol. The summed E-state index contributed by atoms with van der Waals surface area (Å²) >= 11 is 13.4. The van der Waals surface area contributed by atoms with Gasteiger partial charge in [0, 0.05) is 16.9 Å². The van der Waals surface area contributed by atoms with Crippen molar-refractivity contribution in [3.8, 4) is 0 Å². The molecule has 0 unspecified atom stereocenters. The normalized spacial score (nSPS) is 10.6. The van der Waals surface area contributed by atoms with Crippen molar-refractivity contribution < 1.29 is 4.79 Å². The number of halogens is 2. The van der Waals surface area contributed by atoms with E-state index in [1.54, 1.807) is 29.5 Å². The number of carbonyl (C=O) groups excluding carboxylic acids is 1. The largest absolute Gasteiger partial charge is 0.294 e. The maximum atomic E-state index is 11.9. The van der Waals surface area contributed by atoms with Crippen LogP contribution in [0.2, 0.25) is 10.0 Å². The second-order valence-electron chi connectivity index (χ2n) is 3.98. The van der Waals surface area contributed by atoms with Crippen LogP contribution in [0.15, 0.2) is 35.7 Å². The van der Waals surface area contributed by atoms with E-state index in [9.17, 15) is 4.79 Å². The zero-order chi connectivity index (χ0) is 13.0. The minimum absolute atomic E-state index is 0.116. The molecule has 0 saturated carbocycles. The number of hydrogen-bond acceptors (Lipinski definition) is 2. The highest BCUT2D eigenvalue weighted by atomic mass is 35.5. The Hall–Kier alpha value is -0.830. The Balaban J connectivity index is 1.89. The number of rotatable bonds is 5. The quantitative estimate of drug-likeness (QED) is 0.688. The fourth-order valence-corrected chi connectivity index (χ4v) is 2.74. The highest BCUT2D eigenvalue weighted by molar-refractivity contribution is 7.09. The Kier molecular flexibility index (Phi) is 4.81. The molecule has 0 spiro atoms. The van der Waals surface area contributed by atoms with E-state index >= 15 is 0 Å². The van der Waals surface area contributed by atoms with E-state index in [1.165, 1.54) is 4.88 Å². The summed E-state index contributed by atoms with van der Waals surface area (Å²) in [4.78, 5) is 13.3. The van der Waals surface area contributed by atoms with E-state index in [0.29, 0.717) is 22.0 Å². The van der Waals surface area contributed by atoms with Crippen LogP contribution < -0.4 is 0 Å². The van der Waals surface area contributed by atoms with Crippen LogP contribution >= 0.6 is 34.5 Å². The van der Waals surface area contributed by atoms with Crippen LogP contribution in [0.1, 0.15) is 28.1 Å². The summed E-state index contributed by atoms with van der Waals surface area (Å²) in [6.07, 6.45) is 2.35. The zero-order valence-electron chi connectivity index (χ0n) is 9.66. The van der Waals surface area contributed by atoms with Crippen molar-refractivity contribution in [3.05, 3.63) is 56.2 Å². The number of benzene rings is 1. The number of carbonyl (C=O) groups is 1. The summed E-state index contributed by atoms with van der Waals surface area (Å²) in [5.41, 5.74) is 0.635. The second-order valence-corrected chi connectivity index (χ2v) is 5.83. The van der Waals surface area contributed by atoms with Gasteiger partial charge < -0.3 is 0 Å². The predicted molar refractivity (Wildman–Crippen MR) is 78.0 cm³/mol. The van der Waals surface area contributed by atoms with Crippen LogP contribution in [-0.2, 0) is 6.42 Å². The highest BCUT2D eigenvalue weighted by Crippen LogP contribution is 2.23. The van der Waals surface area contributed by atoms with Crippen LogP contribution in [0.3, 0.4) is 0 Å². The maximum Gasteiger partial charge on any atom is 0.162 e. The first-order valence-electron chi connectivity index (χ1n) is 5.67. The average molecular weight is 299 g/mol. The standard InChI is InChI=1S/C14H12Cl2OS/c15-12-7-6-10(9-13(12)16)14(17)5-1-3-11-4-2-8-18-11/h2,4,6-9H,1,3,5H2. The topological polar surface area (TPSA) is 17.1 Å². The summed E-state index contributed by atoms with van der Waals surface area (Å²) in [5.74, 6) is 0.116. The third-order valence-corrected chi connectivity index (χ3v) is 4.32. The molecule has 1 aromatic heterocycles. The van der Waals surface area contributed by atoms with Gasteiger partial charge >= 0.3 is 0 Å². The van der Waals surface area contributed by atoms with Gasteiger partial charge in [-0.3, -0.25) is 4.79 Å². The van der Waals surface area contributed by atoms with E-state index in [4.69, 9.17) is 23.2 Å². The molecule has 0 aliphatic rings. The van der Waals surface area contributed by atoms with Gasteiger partial charge in [0.05, 0.1) is 10.0 Å². The first kappa shape index (κ1) is 13.6. The van der Waals surface area contributed by atoms with Gasteiger partial charge in [-0.2, -0.15) is 0 Å². The lowest BCUT2D eigenvalue weighted by molar-refractivity contribution is 0.0980. The zero-order valence-corrected chi connectivity index (χ0v) is 12.0. The molecule has 0 radical (unpaired) electrons. The van der Waals surface area contributed by atoms with E-state index < -0.39 is 0 Å². The molecule has 2 aromatic rings. The SMILES string of the molecule is O=C(CCCc1cccs1)c1ccc(Cl)c(Cl)c1. The van der Waals surface area contributed by atoms with E-state index in [2.05, 4.69) is 11.4 Å². The summed E-state index contributed by atoms with van der Waals surface area (Å²) in [5, 5.41) is 2.96. The molecule has 0 bridgehead atoms. The van der Waals surface area contributed by atoms with Crippen molar-refractivity contribution in [1.82, 2.24) is 0 Å². The first-order valence-corrected chi connectivity index (χ1v) is 7.31. The van der Waals surface area contributed by atoms with Gasteiger partial charge in [-0.25, -0.2) is 0 Å². The minimum atomic E-state index is 0.116. The average Bonchev–Trinajstić information content (AvgIpc) is 2.85. The Morgan fingerprint density at radius 1 is 1.17 bits per heavy atom. The van der Waals surface area contributed by atoms with Gasteiger partial charge in [0.1, 0.15) is 0 Å². The van der Waals surface area contributed by atoms with Gasteiger partial charge in [0.15, 0.2) is 5.78 Å². The monoisotopic (exact) mass is 298 g/mol. The van der Waals surface area contributed by atoms with Crippen LogP contribution in [0.25, 0.3) is 0 Å². The minimum Gasteiger partial charge on any atom is -0.294 e. The summed E-state index contributed by atoms with van der Waals surface area (Å²) in [6.45, 7) is 0. The van der Waals surface area contributed by atoms with E-state index in [1.807, 2.05) is 6.07 Å². The molecule has 18 heavy (non-hydrogen) atoms. The van der Waals surface area contributed by atoms with Crippen molar-refractivity contribution in [2.45, 2.75) is 19.3 Å². The van der Waals surface area contributed by atoms with Crippen molar-refractivity contribution in [2.75, 3.05) is 0 Å². The van der Waals surface area contributed by atoms with Crippen molar-refractivity contribution in [2.24, 2.45) is 0 Å². The molecule has 2 rings (SSSR count). The van der Waals surface area contributed by atoms with E-state index in [0.717, 1.165) is 12.8 Å². The van der Waals surface area contributed by atoms with Crippen molar-refractivity contribution in [1.29, 1.82) is 0 Å². The molecule has 1 heterocycles. The molecule has 1 nitrogen and oxygen atoms in total. The maximum absolute atomic E-state index is 11.9.